The molecule has 0 fully saturated rings. The molecule has 0 saturated carbocycles. The van der Waals surface area contributed by atoms with Gasteiger partial charge in [-0.2, -0.15) is 0 Å². The quantitative estimate of drug-likeness (QED) is 0.603. The van der Waals surface area contributed by atoms with Gasteiger partial charge in [-0.15, -0.1) is 13.2 Å². The van der Waals surface area contributed by atoms with Crippen LogP contribution in [0.3, 0.4) is 0 Å². The van der Waals surface area contributed by atoms with Crippen LogP contribution in [-0.4, -0.2) is 6.36 Å². The molecule has 0 atom stereocenters. The normalized spacial score (nSPS) is 18.9. The number of rotatable bonds is 1. The van der Waals surface area contributed by atoms with Crippen molar-refractivity contribution in [2.24, 2.45) is 0 Å². The van der Waals surface area contributed by atoms with Gasteiger partial charge in [0.25, 0.3) is 0 Å². The molecule has 56 valence electrons. The molecule has 0 bridgehead atoms. The standard InChI is InChI=1S/C4H2F3NOS/c5-4(6,7)9-3-1-2-8-10-3/h1,8H. The van der Waals surface area contributed by atoms with Crippen molar-refractivity contribution >= 4 is 11.9 Å². The summed E-state index contributed by atoms with van der Waals surface area (Å²) in [6.07, 6.45) is -3.52. The Morgan fingerprint density at radius 2 is 2.30 bits per heavy atom. The number of alkyl halides is 3. The summed E-state index contributed by atoms with van der Waals surface area (Å²) in [7, 11) is 0. The number of hydrogen-bond acceptors (Lipinski definition) is 3. The third kappa shape index (κ3) is 2.49. The highest BCUT2D eigenvalue weighted by Gasteiger charge is 2.33. The van der Waals surface area contributed by atoms with E-state index in [0.717, 1.165) is 18.0 Å². The van der Waals surface area contributed by atoms with E-state index in [4.69, 9.17) is 0 Å². The van der Waals surface area contributed by atoms with E-state index in [0.29, 0.717) is 0 Å². The second kappa shape index (κ2) is 2.71. The molecule has 1 aliphatic rings. The van der Waals surface area contributed by atoms with Crippen molar-refractivity contribution < 1.29 is 17.9 Å². The Bertz CT molecular complexity index is 155. The van der Waals surface area contributed by atoms with Crippen LogP contribution >= 0.6 is 11.9 Å². The molecule has 2 radical (unpaired) electrons. The molecule has 1 aliphatic heterocycles. The minimum Gasteiger partial charge on any atom is -0.398 e. The van der Waals surface area contributed by atoms with Gasteiger partial charge in [-0.1, -0.05) is 0 Å². The van der Waals surface area contributed by atoms with E-state index in [1.54, 1.807) is 0 Å². The zero-order chi connectivity index (χ0) is 7.61. The first-order valence-corrected chi connectivity index (χ1v) is 3.03. The van der Waals surface area contributed by atoms with Crippen LogP contribution < -0.4 is 4.72 Å². The molecular formula is C4H2F3NOS. The van der Waals surface area contributed by atoms with E-state index in [9.17, 15) is 13.2 Å². The maximum absolute atomic E-state index is 11.4. The van der Waals surface area contributed by atoms with Crippen LogP contribution in [0.15, 0.2) is 11.2 Å². The van der Waals surface area contributed by atoms with Gasteiger partial charge in [-0.25, -0.2) is 4.72 Å². The number of halogens is 3. The second-order valence-corrected chi connectivity index (χ2v) is 2.17. The lowest BCUT2D eigenvalue weighted by molar-refractivity contribution is -0.300. The molecule has 0 saturated heterocycles. The van der Waals surface area contributed by atoms with Crippen LogP contribution in [0.4, 0.5) is 13.2 Å². The Hall–Kier alpha value is -0.360. The average molecular weight is 169 g/mol. The lowest BCUT2D eigenvalue weighted by Crippen LogP contribution is -2.11. The first-order chi connectivity index (χ1) is 4.58. The summed E-state index contributed by atoms with van der Waals surface area (Å²) >= 11 is 0.727. The highest BCUT2D eigenvalue weighted by Crippen LogP contribution is 2.28. The summed E-state index contributed by atoms with van der Waals surface area (Å²) < 4.78 is 40.0. The molecule has 0 aromatic rings. The molecule has 10 heavy (non-hydrogen) atoms. The first-order valence-electron chi connectivity index (χ1n) is 2.21. The fraction of sp³-hybridized carbons (Fsp3) is 0.250. The smallest absolute Gasteiger partial charge is 0.398 e. The molecule has 0 aliphatic carbocycles. The summed E-state index contributed by atoms with van der Waals surface area (Å²) in [6, 6.07) is 0. The van der Waals surface area contributed by atoms with Crippen LogP contribution in [0.5, 0.6) is 0 Å². The maximum atomic E-state index is 11.4. The molecule has 2 nitrogen and oxygen atoms in total. The highest BCUT2D eigenvalue weighted by atomic mass is 32.2. The lowest BCUT2D eigenvalue weighted by atomic mass is 10.6. The van der Waals surface area contributed by atoms with E-state index in [2.05, 4.69) is 16.0 Å². The summed E-state index contributed by atoms with van der Waals surface area (Å²) in [4.78, 5) is 0. The van der Waals surface area contributed by atoms with Gasteiger partial charge in [0, 0.05) is 0 Å². The van der Waals surface area contributed by atoms with Crippen molar-refractivity contribution in [1.29, 1.82) is 0 Å². The minimum atomic E-state index is -4.60. The molecule has 0 unspecified atom stereocenters. The molecule has 1 N–H and O–H groups in total. The maximum Gasteiger partial charge on any atom is 0.573 e. The second-order valence-electron chi connectivity index (χ2n) is 1.36. The summed E-state index contributed by atoms with van der Waals surface area (Å²) in [5.41, 5.74) is 0. The lowest BCUT2D eigenvalue weighted by Gasteiger charge is -2.06. The Morgan fingerprint density at radius 3 is 2.70 bits per heavy atom. The van der Waals surface area contributed by atoms with Gasteiger partial charge in [0.05, 0.1) is 0 Å². The van der Waals surface area contributed by atoms with Crippen LogP contribution in [0, 0.1) is 6.54 Å². The predicted octanol–water partition coefficient (Wildman–Crippen LogP) is 1.65. The van der Waals surface area contributed by atoms with Gasteiger partial charge >= 0.3 is 6.36 Å². The van der Waals surface area contributed by atoms with Crippen molar-refractivity contribution in [1.82, 2.24) is 4.72 Å². The Labute approximate surface area is 59.6 Å². The predicted molar refractivity (Wildman–Crippen MR) is 29.2 cm³/mol. The minimum absolute atomic E-state index is 0.243. The largest absolute Gasteiger partial charge is 0.573 e. The van der Waals surface area contributed by atoms with Crippen LogP contribution in [0.1, 0.15) is 0 Å². The number of ether oxygens (including phenoxy) is 1. The van der Waals surface area contributed by atoms with E-state index in [-0.39, 0.29) is 5.09 Å². The average Bonchev–Trinajstić information content (AvgIpc) is 2.12. The molecule has 6 heteroatoms. The summed E-state index contributed by atoms with van der Waals surface area (Å²) in [5.74, 6) is 0. The third-order valence-electron chi connectivity index (χ3n) is 0.617. The molecule has 0 aromatic carbocycles. The van der Waals surface area contributed by atoms with Gasteiger partial charge < -0.3 is 4.74 Å². The molecule has 1 rings (SSSR count). The number of nitrogens with one attached hydrogen (secondary N) is 1. The highest BCUT2D eigenvalue weighted by molar-refractivity contribution is 8.01. The van der Waals surface area contributed by atoms with Crippen molar-refractivity contribution in [2.75, 3.05) is 0 Å². The zero-order valence-electron chi connectivity index (χ0n) is 4.53. The third-order valence-corrected chi connectivity index (χ3v) is 1.24. The van der Waals surface area contributed by atoms with Gasteiger partial charge in [0.1, 0.15) is 6.54 Å². The van der Waals surface area contributed by atoms with E-state index in [1.807, 2.05) is 0 Å². The SMILES string of the molecule is FC(F)(F)OC1=C[C]NS1. The monoisotopic (exact) mass is 169 g/mol. The fourth-order valence-corrected chi connectivity index (χ4v) is 0.834. The van der Waals surface area contributed by atoms with Gasteiger partial charge in [-0.3, -0.25) is 0 Å². The Balaban J connectivity index is 2.38. The van der Waals surface area contributed by atoms with Gasteiger partial charge in [0.15, 0.2) is 5.09 Å². The van der Waals surface area contributed by atoms with Crippen molar-refractivity contribution in [2.45, 2.75) is 6.36 Å². The first kappa shape index (κ1) is 7.74. The Morgan fingerprint density at radius 1 is 1.60 bits per heavy atom. The molecule has 0 spiro atoms. The topological polar surface area (TPSA) is 21.3 Å². The molecular weight excluding hydrogens is 167 g/mol. The van der Waals surface area contributed by atoms with Crippen molar-refractivity contribution in [3.8, 4) is 0 Å². The Kier molecular flexibility index (Phi) is 2.10. The summed E-state index contributed by atoms with van der Waals surface area (Å²) in [5, 5.41) is -0.243. The van der Waals surface area contributed by atoms with Crippen molar-refractivity contribution in [3.05, 3.63) is 17.7 Å². The summed E-state index contributed by atoms with van der Waals surface area (Å²) in [6.45, 7) is 2.32. The van der Waals surface area contributed by atoms with E-state index < -0.39 is 6.36 Å². The van der Waals surface area contributed by atoms with Gasteiger partial charge in [-0.05, 0) is 18.0 Å². The van der Waals surface area contributed by atoms with Crippen LogP contribution in [0.2, 0.25) is 0 Å². The van der Waals surface area contributed by atoms with E-state index >= 15 is 0 Å². The van der Waals surface area contributed by atoms with Crippen molar-refractivity contribution in [3.63, 3.8) is 0 Å². The van der Waals surface area contributed by atoms with Gasteiger partial charge in [0.2, 0.25) is 0 Å². The molecule has 0 amide bonds. The number of hydrogen-bond donors (Lipinski definition) is 1. The molecule has 0 aromatic heterocycles. The van der Waals surface area contributed by atoms with Crippen LogP contribution in [0.25, 0.3) is 0 Å². The zero-order valence-corrected chi connectivity index (χ0v) is 5.34. The van der Waals surface area contributed by atoms with Crippen LogP contribution in [-0.2, 0) is 4.74 Å². The molecule has 1 heterocycles. The fourth-order valence-electron chi connectivity index (χ4n) is 0.362. The van der Waals surface area contributed by atoms with E-state index in [1.165, 1.54) is 0 Å².